The fourth-order valence-electron chi connectivity index (χ4n) is 7.79. The summed E-state index contributed by atoms with van der Waals surface area (Å²) in [5.74, 6) is -0.161. The third-order valence-electron chi connectivity index (χ3n) is 9.77. The molecular weight excluding hydrogens is 540 g/mol. The molecule has 216 valence electrons. The van der Waals surface area contributed by atoms with E-state index in [1.807, 2.05) is 68.6 Å². The highest BCUT2D eigenvalue weighted by atomic mass is 16.6. The van der Waals surface area contributed by atoms with Gasteiger partial charge in [0, 0.05) is 67.0 Å². The summed E-state index contributed by atoms with van der Waals surface area (Å²) in [5, 5.41) is 7.16. The van der Waals surface area contributed by atoms with Crippen LogP contribution in [-0.4, -0.2) is 59.3 Å². The van der Waals surface area contributed by atoms with Gasteiger partial charge in [-0.2, -0.15) is 0 Å². The molecule has 2 unspecified atom stereocenters. The molecule has 6 aromatic rings. The summed E-state index contributed by atoms with van der Waals surface area (Å²) in [6.45, 7) is 2.94. The molecule has 0 spiro atoms. The van der Waals surface area contributed by atoms with Crippen LogP contribution < -0.4 is 5.32 Å². The Balaban J connectivity index is 1.56. The number of amides is 2. The fraction of sp³-hybridized carbons (Fsp3) is 0.257. The monoisotopic (exact) mass is 572 g/mol. The van der Waals surface area contributed by atoms with Crippen molar-refractivity contribution in [2.24, 2.45) is 0 Å². The molecular formula is C35H32N4O4. The van der Waals surface area contributed by atoms with E-state index in [2.05, 4.69) is 38.7 Å². The molecule has 2 amide bonds. The van der Waals surface area contributed by atoms with Crippen LogP contribution in [0.2, 0.25) is 0 Å². The van der Waals surface area contributed by atoms with Crippen LogP contribution in [0.5, 0.6) is 0 Å². The number of methoxy groups -OCH3 is 2. The van der Waals surface area contributed by atoms with Crippen molar-refractivity contribution in [3.05, 3.63) is 95.6 Å². The first kappa shape index (κ1) is 26.0. The van der Waals surface area contributed by atoms with Gasteiger partial charge in [-0.15, -0.1) is 0 Å². The van der Waals surface area contributed by atoms with E-state index in [0.717, 1.165) is 54.7 Å². The average molecular weight is 573 g/mol. The Labute approximate surface area is 248 Å². The topological polar surface area (TPSA) is 77.7 Å². The minimum atomic E-state index is -1.02. The van der Waals surface area contributed by atoms with E-state index >= 15 is 0 Å². The second kappa shape index (κ2) is 9.17. The van der Waals surface area contributed by atoms with Gasteiger partial charge in [-0.3, -0.25) is 9.59 Å². The van der Waals surface area contributed by atoms with Gasteiger partial charge in [0.15, 0.2) is 5.72 Å². The Morgan fingerprint density at radius 1 is 0.907 bits per heavy atom. The fourth-order valence-corrected chi connectivity index (χ4v) is 7.79. The molecule has 1 N–H and O–H groups in total. The van der Waals surface area contributed by atoms with E-state index in [1.165, 1.54) is 0 Å². The maximum atomic E-state index is 14.0. The van der Waals surface area contributed by atoms with Crippen LogP contribution in [0.3, 0.4) is 0 Å². The number of benzene rings is 4. The van der Waals surface area contributed by atoms with Gasteiger partial charge < -0.3 is 28.8 Å². The zero-order valence-electron chi connectivity index (χ0n) is 24.5. The highest BCUT2D eigenvalue weighted by molar-refractivity contribution is 6.30. The number of aromatic nitrogens is 2. The predicted molar refractivity (Wildman–Crippen MR) is 167 cm³/mol. The normalized spacial score (nSPS) is 21.4. The molecule has 8 rings (SSSR count). The van der Waals surface area contributed by atoms with E-state index in [-0.39, 0.29) is 11.8 Å². The van der Waals surface area contributed by atoms with Crippen molar-refractivity contribution < 1.29 is 19.1 Å². The Kier molecular flexibility index (Phi) is 5.54. The molecule has 0 fully saturated rings. The summed E-state index contributed by atoms with van der Waals surface area (Å²) >= 11 is 0. The third-order valence-corrected chi connectivity index (χ3v) is 9.77. The van der Waals surface area contributed by atoms with Gasteiger partial charge in [-0.25, -0.2) is 0 Å². The number of nitrogens with zero attached hydrogens (tertiary/aromatic N) is 3. The molecule has 0 bridgehead atoms. The Hall–Kier alpha value is -4.66. The number of rotatable bonds is 4. The SMILES string of the molecule is COC1C(N(C)C(=O)c2ccccc2)Cn2c3ccccc3c3c4c(c5c6ccccc6n(c5c32)[C@@]1(C)OC)CNC4=O. The maximum absolute atomic E-state index is 14.0. The summed E-state index contributed by atoms with van der Waals surface area (Å²) in [4.78, 5) is 29.4. The van der Waals surface area contributed by atoms with Crippen LogP contribution in [0, 0.1) is 0 Å². The molecule has 2 aliphatic rings. The Bertz CT molecular complexity index is 2130. The van der Waals surface area contributed by atoms with Crippen molar-refractivity contribution in [1.82, 2.24) is 19.4 Å². The van der Waals surface area contributed by atoms with Crippen molar-refractivity contribution >= 4 is 55.4 Å². The van der Waals surface area contributed by atoms with Crippen molar-refractivity contribution in [3.63, 3.8) is 0 Å². The van der Waals surface area contributed by atoms with Crippen molar-refractivity contribution in [1.29, 1.82) is 0 Å². The summed E-state index contributed by atoms with van der Waals surface area (Å²) in [5.41, 5.74) is 5.27. The summed E-state index contributed by atoms with van der Waals surface area (Å²) in [6.07, 6.45) is -0.563. The van der Waals surface area contributed by atoms with Gasteiger partial charge in [-0.05, 0) is 36.8 Å². The van der Waals surface area contributed by atoms with E-state index in [4.69, 9.17) is 9.47 Å². The molecule has 0 aliphatic carbocycles. The number of hydrogen-bond acceptors (Lipinski definition) is 4. The molecule has 43 heavy (non-hydrogen) atoms. The second-order valence-electron chi connectivity index (χ2n) is 11.7. The van der Waals surface area contributed by atoms with Crippen LogP contribution in [0.1, 0.15) is 33.2 Å². The number of carbonyl (C=O) groups excluding carboxylic acids is 2. The molecule has 0 saturated heterocycles. The molecule has 8 heteroatoms. The lowest BCUT2D eigenvalue weighted by atomic mass is 9.94. The maximum Gasteiger partial charge on any atom is 0.253 e. The largest absolute Gasteiger partial charge is 0.374 e. The first-order chi connectivity index (χ1) is 20.9. The average Bonchev–Trinajstić information content (AvgIpc) is 3.69. The lowest BCUT2D eigenvalue weighted by Crippen LogP contribution is -2.59. The van der Waals surface area contributed by atoms with E-state index in [1.54, 1.807) is 19.1 Å². The lowest BCUT2D eigenvalue weighted by Gasteiger charge is -2.46. The number of fused-ring (bicyclic) bond motifs is 9. The molecule has 2 aliphatic heterocycles. The quantitative estimate of drug-likeness (QED) is 0.297. The molecule has 0 radical (unpaired) electrons. The van der Waals surface area contributed by atoms with Crippen LogP contribution >= 0.6 is 0 Å². The van der Waals surface area contributed by atoms with Gasteiger partial charge in [0.1, 0.15) is 6.10 Å². The summed E-state index contributed by atoms with van der Waals surface area (Å²) in [6, 6.07) is 25.4. The number of ether oxygens (including phenoxy) is 2. The Morgan fingerprint density at radius 2 is 1.56 bits per heavy atom. The second-order valence-corrected chi connectivity index (χ2v) is 11.7. The highest BCUT2D eigenvalue weighted by Crippen LogP contribution is 2.49. The highest BCUT2D eigenvalue weighted by Gasteiger charge is 2.48. The number of nitrogens with one attached hydrogen (secondary N) is 1. The third kappa shape index (κ3) is 3.27. The van der Waals surface area contributed by atoms with Gasteiger partial charge in [0.05, 0.1) is 28.2 Å². The van der Waals surface area contributed by atoms with E-state index in [0.29, 0.717) is 18.7 Å². The molecule has 4 heterocycles. The molecule has 4 aromatic carbocycles. The van der Waals surface area contributed by atoms with Gasteiger partial charge >= 0.3 is 0 Å². The zero-order valence-corrected chi connectivity index (χ0v) is 24.5. The van der Waals surface area contributed by atoms with Crippen molar-refractivity contribution in [2.45, 2.75) is 37.9 Å². The molecule has 0 saturated carbocycles. The zero-order chi connectivity index (χ0) is 29.6. The molecule has 3 atom stereocenters. The molecule has 2 aromatic heterocycles. The number of para-hydroxylation sites is 2. The minimum absolute atomic E-state index is 0.0594. The van der Waals surface area contributed by atoms with Crippen LogP contribution in [0.4, 0.5) is 0 Å². The van der Waals surface area contributed by atoms with Crippen molar-refractivity contribution in [2.75, 3.05) is 21.3 Å². The van der Waals surface area contributed by atoms with Crippen molar-refractivity contribution in [3.8, 4) is 0 Å². The first-order valence-corrected chi connectivity index (χ1v) is 14.6. The lowest BCUT2D eigenvalue weighted by molar-refractivity contribution is -0.175. The number of carbonyl (C=O) groups is 2. The number of hydrogen-bond donors (Lipinski definition) is 1. The van der Waals surface area contributed by atoms with Gasteiger partial charge in [0.2, 0.25) is 0 Å². The van der Waals surface area contributed by atoms with E-state index < -0.39 is 17.9 Å². The van der Waals surface area contributed by atoms with Gasteiger partial charge in [0.25, 0.3) is 11.8 Å². The van der Waals surface area contributed by atoms with Crippen LogP contribution in [0.15, 0.2) is 78.9 Å². The summed E-state index contributed by atoms with van der Waals surface area (Å²) < 4.78 is 17.4. The smallest absolute Gasteiger partial charge is 0.253 e. The number of likely N-dealkylation sites (N-methyl/N-ethyl adjacent to an activating group) is 1. The van der Waals surface area contributed by atoms with Gasteiger partial charge in [-0.1, -0.05) is 54.6 Å². The van der Waals surface area contributed by atoms with Crippen LogP contribution in [-0.2, 0) is 28.3 Å². The molecule has 8 nitrogen and oxygen atoms in total. The van der Waals surface area contributed by atoms with E-state index in [9.17, 15) is 9.59 Å². The first-order valence-electron chi connectivity index (χ1n) is 14.6. The van der Waals surface area contributed by atoms with Crippen LogP contribution in [0.25, 0.3) is 43.6 Å². The predicted octanol–water partition coefficient (Wildman–Crippen LogP) is 5.63. The minimum Gasteiger partial charge on any atom is -0.374 e. The standard InChI is InChI=1S/C35H32N4O4/c1-35(43-4)32(42-3)26(37(2)34(41)20-12-6-5-7-13-20)19-38-24-16-10-8-14-21(24)28-29-23(18-36-33(29)40)27-22-15-9-11-17-25(22)39(35)31(27)30(28)38/h5-17,26,32H,18-19H2,1-4H3,(H,36,40)/t26?,32?,35-/m0/s1. The summed E-state index contributed by atoms with van der Waals surface area (Å²) in [7, 11) is 5.23. The Morgan fingerprint density at radius 3 is 2.26 bits per heavy atom.